The molecule has 0 saturated heterocycles. The van der Waals surface area contributed by atoms with Crippen LogP contribution in [0.15, 0.2) is 48.8 Å². The van der Waals surface area contributed by atoms with E-state index < -0.39 is 24.7 Å². The van der Waals surface area contributed by atoms with E-state index in [4.69, 9.17) is 20.5 Å². The lowest BCUT2D eigenvalue weighted by Gasteiger charge is -2.17. The summed E-state index contributed by atoms with van der Waals surface area (Å²) in [4.78, 5) is 28.1. The van der Waals surface area contributed by atoms with Crippen molar-refractivity contribution in [3.05, 3.63) is 59.9 Å². The van der Waals surface area contributed by atoms with Crippen molar-refractivity contribution in [2.45, 2.75) is 19.1 Å². The second kappa shape index (κ2) is 9.64. The topological polar surface area (TPSA) is 127 Å². The maximum absolute atomic E-state index is 12.1. The second-order valence-electron chi connectivity index (χ2n) is 5.35. The van der Waals surface area contributed by atoms with Crippen molar-refractivity contribution >= 4 is 17.7 Å². The fraction of sp³-hybridized carbons (Fsp3) is 0.222. The number of carbonyl (C=O) groups excluding carboxylic acids is 2. The number of alkyl carbamates (subject to hydrolysis) is 1. The number of ether oxygens (including phenoxy) is 2. The van der Waals surface area contributed by atoms with Gasteiger partial charge >= 0.3 is 12.1 Å². The highest BCUT2D eigenvalue weighted by Gasteiger charge is 2.23. The van der Waals surface area contributed by atoms with Gasteiger partial charge in [-0.3, -0.25) is 4.98 Å². The van der Waals surface area contributed by atoms with Crippen LogP contribution in [0.3, 0.4) is 0 Å². The summed E-state index contributed by atoms with van der Waals surface area (Å²) < 4.78 is 9.91. The summed E-state index contributed by atoms with van der Waals surface area (Å²) in [5.41, 5.74) is 7.68. The number of nitriles is 1. The maximum Gasteiger partial charge on any atom is 0.408 e. The average molecular weight is 354 g/mol. The summed E-state index contributed by atoms with van der Waals surface area (Å²) in [6.07, 6.45) is 2.56. The first kappa shape index (κ1) is 18.7. The third-order valence-electron chi connectivity index (χ3n) is 3.37. The molecule has 1 amide bonds. The minimum Gasteiger partial charge on any atom is -0.449 e. The third-order valence-corrected chi connectivity index (χ3v) is 3.37. The molecule has 0 saturated carbocycles. The van der Waals surface area contributed by atoms with Crippen molar-refractivity contribution in [1.29, 1.82) is 5.26 Å². The number of nitrogens with zero attached hydrogens (tertiary/aromatic N) is 2. The van der Waals surface area contributed by atoms with Crippen LogP contribution in [0.1, 0.15) is 11.1 Å². The fourth-order valence-corrected chi connectivity index (χ4v) is 2.10. The molecule has 8 nitrogen and oxygen atoms in total. The number of anilines is 1. The van der Waals surface area contributed by atoms with E-state index in [1.54, 1.807) is 54.9 Å². The number of benzene rings is 1. The zero-order valence-electron chi connectivity index (χ0n) is 13.9. The van der Waals surface area contributed by atoms with Gasteiger partial charge in [0.05, 0.1) is 0 Å². The number of rotatable bonds is 7. The number of esters is 1. The number of pyridine rings is 1. The molecule has 2 rings (SSSR count). The zero-order valence-corrected chi connectivity index (χ0v) is 13.9. The van der Waals surface area contributed by atoms with Crippen LogP contribution in [0.5, 0.6) is 0 Å². The Kier molecular flexibility index (Phi) is 6.94. The molecule has 134 valence electrons. The smallest absolute Gasteiger partial charge is 0.408 e. The minimum absolute atomic E-state index is 0.0268. The Morgan fingerprint density at radius 1 is 1.19 bits per heavy atom. The van der Waals surface area contributed by atoms with Gasteiger partial charge < -0.3 is 20.5 Å². The normalized spacial score (nSPS) is 11.0. The molecular weight excluding hydrogens is 336 g/mol. The van der Waals surface area contributed by atoms with Crippen LogP contribution in [0, 0.1) is 11.3 Å². The van der Waals surface area contributed by atoms with Crippen molar-refractivity contribution < 1.29 is 19.1 Å². The van der Waals surface area contributed by atoms with Crippen molar-refractivity contribution in [3.63, 3.8) is 0 Å². The van der Waals surface area contributed by atoms with E-state index >= 15 is 0 Å². The van der Waals surface area contributed by atoms with Gasteiger partial charge in [0.1, 0.15) is 18.7 Å². The molecule has 1 aromatic carbocycles. The molecule has 0 spiro atoms. The molecule has 26 heavy (non-hydrogen) atoms. The summed E-state index contributed by atoms with van der Waals surface area (Å²) in [5.74, 6) is -0.722. The Bertz CT molecular complexity index is 772. The predicted molar refractivity (Wildman–Crippen MR) is 92.5 cm³/mol. The lowest BCUT2D eigenvalue weighted by molar-refractivity contribution is -0.144. The number of nitrogens with one attached hydrogen (secondary N) is 1. The van der Waals surface area contributed by atoms with Gasteiger partial charge in [0.15, 0.2) is 6.61 Å². The lowest BCUT2D eigenvalue weighted by atomic mass is 10.1. The molecule has 1 aromatic heterocycles. The molecular formula is C18H18N4O4. The fourth-order valence-electron chi connectivity index (χ4n) is 2.10. The van der Waals surface area contributed by atoms with E-state index in [0.717, 1.165) is 11.1 Å². The summed E-state index contributed by atoms with van der Waals surface area (Å²) in [5, 5.41) is 11.0. The average Bonchev–Trinajstić information content (AvgIpc) is 2.66. The Labute approximate surface area is 150 Å². The number of amides is 1. The van der Waals surface area contributed by atoms with Gasteiger partial charge in [-0.2, -0.15) is 5.26 Å². The molecule has 0 aliphatic rings. The monoisotopic (exact) mass is 354 g/mol. The summed E-state index contributed by atoms with van der Waals surface area (Å²) in [6.45, 7) is -0.372. The summed E-state index contributed by atoms with van der Waals surface area (Å²) in [6, 6.07) is 11.1. The molecule has 0 radical (unpaired) electrons. The van der Waals surface area contributed by atoms with Gasteiger partial charge in [-0.15, -0.1) is 0 Å². The molecule has 8 heteroatoms. The zero-order chi connectivity index (χ0) is 18.8. The largest absolute Gasteiger partial charge is 0.449 e. The van der Waals surface area contributed by atoms with Crippen LogP contribution in [0.2, 0.25) is 0 Å². The number of carbonyl (C=O) groups is 2. The van der Waals surface area contributed by atoms with E-state index in [0.29, 0.717) is 5.69 Å². The first-order valence-corrected chi connectivity index (χ1v) is 7.78. The van der Waals surface area contributed by atoms with E-state index in [1.165, 1.54) is 0 Å². The van der Waals surface area contributed by atoms with Crippen LogP contribution in [-0.2, 0) is 27.3 Å². The minimum atomic E-state index is -0.994. The van der Waals surface area contributed by atoms with E-state index in [-0.39, 0.29) is 13.0 Å². The Balaban J connectivity index is 1.95. The maximum atomic E-state index is 12.1. The molecule has 0 fully saturated rings. The molecule has 0 aliphatic heterocycles. The molecule has 0 bridgehead atoms. The van der Waals surface area contributed by atoms with Crippen molar-refractivity contribution in [2.75, 3.05) is 12.3 Å². The quantitative estimate of drug-likeness (QED) is 0.570. The molecule has 1 heterocycles. The second-order valence-corrected chi connectivity index (χ2v) is 5.35. The van der Waals surface area contributed by atoms with Crippen molar-refractivity contribution in [2.24, 2.45) is 0 Å². The Morgan fingerprint density at radius 3 is 2.62 bits per heavy atom. The molecule has 1 atom stereocenters. The van der Waals surface area contributed by atoms with Crippen molar-refractivity contribution in [3.8, 4) is 6.07 Å². The van der Waals surface area contributed by atoms with Gasteiger partial charge in [-0.25, -0.2) is 9.59 Å². The van der Waals surface area contributed by atoms with Crippen LogP contribution >= 0.6 is 0 Å². The van der Waals surface area contributed by atoms with Crippen LogP contribution in [-0.4, -0.2) is 29.7 Å². The third kappa shape index (κ3) is 6.13. The van der Waals surface area contributed by atoms with E-state index in [1.807, 2.05) is 0 Å². The van der Waals surface area contributed by atoms with E-state index in [9.17, 15) is 9.59 Å². The van der Waals surface area contributed by atoms with Crippen LogP contribution in [0.25, 0.3) is 0 Å². The van der Waals surface area contributed by atoms with Gasteiger partial charge in [-0.1, -0.05) is 18.2 Å². The van der Waals surface area contributed by atoms with Crippen molar-refractivity contribution in [1.82, 2.24) is 10.3 Å². The van der Waals surface area contributed by atoms with Crippen LogP contribution in [0.4, 0.5) is 10.5 Å². The highest BCUT2D eigenvalue weighted by Crippen LogP contribution is 2.08. The van der Waals surface area contributed by atoms with Gasteiger partial charge in [0, 0.05) is 24.5 Å². The highest BCUT2D eigenvalue weighted by atomic mass is 16.6. The number of aromatic nitrogens is 1. The van der Waals surface area contributed by atoms with Crippen LogP contribution < -0.4 is 11.1 Å². The molecule has 0 aliphatic carbocycles. The number of nitrogen functional groups attached to an aromatic ring is 1. The van der Waals surface area contributed by atoms with Gasteiger partial charge in [0.2, 0.25) is 0 Å². The number of hydrogen-bond acceptors (Lipinski definition) is 7. The van der Waals surface area contributed by atoms with E-state index in [2.05, 4.69) is 10.3 Å². The lowest BCUT2D eigenvalue weighted by Crippen LogP contribution is -2.43. The molecule has 2 aromatic rings. The Hall–Kier alpha value is -3.60. The highest BCUT2D eigenvalue weighted by molar-refractivity contribution is 5.81. The van der Waals surface area contributed by atoms with Gasteiger partial charge in [0.25, 0.3) is 0 Å². The number of hydrogen-bond donors (Lipinski definition) is 2. The summed E-state index contributed by atoms with van der Waals surface area (Å²) >= 11 is 0. The predicted octanol–water partition coefficient (Wildman–Crippen LogP) is 1.57. The SMILES string of the molecule is N#CCOC(=O)C(Cc1cccnc1)NC(=O)OCc1ccc(N)cc1. The van der Waals surface area contributed by atoms with Gasteiger partial charge in [-0.05, 0) is 29.3 Å². The Morgan fingerprint density at radius 2 is 1.96 bits per heavy atom. The first-order valence-electron chi connectivity index (χ1n) is 7.78. The first-order chi connectivity index (χ1) is 12.6. The molecule has 1 unspecified atom stereocenters. The number of nitrogens with two attached hydrogens (primary N) is 1. The summed E-state index contributed by atoms with van der Waals surface area (Å²) in [7, 11) is 0. The standard InChI is InChI=1S/C18H18N4O4/c19-7-9-25-17(23)16(10-14-2-1-8-21-11-14)22-18(24)26-12-13-3-5-15(20)6-4-13/h1-6,8,11,16H,9-10,12,20H2,(H,22,24). The molecule has 3 N–H and O–H groups in total.